The predicted molar refractivity (Wildman–Crippen MR) is 83.7 cm³/mol. The highest BCUT2D eigenvalue weighted by Crippen LogP contribution is 2.28. The number of rotatable bonds is 6. The van der Waals surface area contributed by atoms with Crippen molar-refractivity contribution in [1.82, 2.24) is 9.78 Å². The molecule has 124 valence electrons. The number of anilines is 1. The number of hydrogen-bond donors (Lipinski definition) is 1. The van der Waals surface area contributed by atoms with Gasteiger partial charge in [0.15, 0.2) is 9.84 Å². The summed E-state index contributed by atoms with van der Waals surface area (Å²) >= 11 is 0. The number of carbonyl (C=O) groups is 1. The standard InChI is InChI=1S/C14H23N3O4S/c1-4-6-21-8-13(18)15-14-10(2)16-17(11(14)3)12-5-7-22(19,20)9-12/h12H,4-9H2,1-3H3,(H,15,18). The molecule has 1 aromatic heterocycles. The lowest BCUT2D eigenvalue weighted by atomic mass is 10.2. The molecule has 0 radical (unpaired) electrons. The molecular weight excluding hydrogens is 306 g/mol. The molecule has 2 heterocycles. The molecule has 0 aromatic carbocycles. The van der Waals surface area contributed by atoms with E-state index in [0.717, 1.165) is 12.1 Å². The Bertz CT molecular complexity index is 651. The lowest BCUT2D eigenvalue weighted by Gasteiger charge is -2.11. The first-order valence-corrected chi connectivity index (χ1v) is 9.30. The first-order valence-electron chi connectivity index (χ1n) is 7.47. The second kappa shape index (κ2) is 6.78. The summed E-state index contributed by atoms with van der Waals surface area (Å²) in [4.78, 5) is 11.9. The summed E-state index contributed by atoms with van der Waals surface area (Å²) < 4.78 is 30.2. The van der Waals surface area contributed by atoms with Gasteiger partial charge in [-0.2, -0.15) is 5.10 Å². The smallest absolute Gasteiger partial charge is 0.250 e. The Labute approximate surface area is 130 Å². The molecule has 1 saturated heterocycles. The van der Waals surface area contributed by atoms with Crippen molar-refractivity contribution in [2.24, 2.45) is 0 Å². The molecule has 8 heteroatoms. The number of amides is 1. The Morgan fingerprint density at radius 2 is 2.18 bits per heavy atom. The Morgan fingerprint density at radius 1 is 1.45 bits per heavy atom. The first kappa shape index (κ1) is 17.0. The van der Waals surface area contributed by atoms with Crippen LogP contribution in [0.2, 0.25) is 0 Å². The van der Waals surface area contributed by atoms with E-state index in [1.807, 2.05) is 13.8 Å². The van der Waals surface area contributed by atoms with E-state index in [4.69, 9.17) is 4.74 Å². The van der Waals surface area contributed by atoms with Gasteiger partial charge in [0.1, 0.15) is 6.61 Å². The number of aryl methyl sites for hydroxylation is 1. The average molecular weight is 329 g/mol. The zero-order chi connectivity index (χ0) is 16.3. The minimum absolute atomic E-state index is 0.00963. The van der Waals surface area contributed by atoms with Gasteiger partial charge in [0, 0.05) is 6.61 Å². The third-order valence-corrected chi connectivity index (χ3v) is 5.48. The van der Waals surface area contributed by atoms with Gasteiger partial charge in [-0.05, 0) is 26.7 Å². The zero-order valence-corrected chi connectivity index (χ0v) is 14.1. The van der Waals surface area contributed by atoms with Gasteiger partial charge in [0.25, 0.3) is 0 Å². The van der Waals surface area contributed by atoms with Crippen LogP contribution in [0.1, 0.15) is 37.2 Å². The van der Waals surface area contributed by atoms with E-state index in [2.05, 4.69) is 10.4 Å². The van der Waals surface area contributed by atoms with Gasteiger partial charge < -0.3 is 10.1 Å². The third kappa shape index (κ3) is 3.86. The third-order valence-electron chi connectivity index (χ3n) is 3.73. The maximum Gasteiger partial charge on any atom is 0.250 e. The van der Waals surface area contributed by atoms with Crippen LogP contribution in [-0.4, -0.2) is 48.8 Å². The highest BCUT2D eigenvalue weighted by atomic mass is 32.2. The lowest BCUT2D eigenvalue weighted by Crippen LogP contribution is -2.19. The molecule has 1 N–H and O–H groups in total. The Balaban J connectivity index is 2.09. The molecule has 1 fully saturated rings. The van der Waals surface area contributed by atoms with E-state index in [-0.39, 0.29) is 30.1 Å². The molecule has 1 aliphatic heterocycles. The molecule has 0 spiro atoms. The topological polar surface area (TPSA) is 90.3 Å². The van der Waals surface area contributed by atoms with Gasteiger partial charge in [0.05, 0.1) is 34.6 Å². The van der Waals surface area contributed by atoms with Crippen molar-refractivity contribution in [2.45, 2.75) is 39.7 Å². The fourth-order valence-corrected chi connectivity index (χ4v) is 4.34. The normalized spacial score (nSPS) is 20.2. The summed E-state index contributed by atoms with van der Waals surface area (Å²) in [7, 11) is -2.97. The highest BCUT2D eigenvalue weighted by molar-refractivity contribution is 7.91. The molecule has 22 heavy (non-hydrogen) atoms. The minimum Gasteiger partial charge on any atom is -0.372 e. The molecule has 0 bridgehead atoms. The molecule has 1 amide bonds. The maximum absolute atomic E-state index is 11.9. The van der Waals surface area contributed by atoms with Gasteiger partial charge in [-0.1, -0.05) is 6.92 Å². The summed E-state index contributed by atoms with van der Waals surface area (Å²) in [6, 6.07) is -0.148. The molecule has 7 nitrogen and oxygen atoms in total. The fourth-order valence-electron chi connectivity index (χ4n) is 2.65. The van der Waals surface area contributed by atoms with Crippen LogP contribution in [-0.2, 0) is 19.4 Å². The molecule has 0 aliphatic carbocycles. The van der Waals surface area contributed by atoms with Crippen molar-refractivity contribution in [3.8, 4) is 0 Å². The second-order valence-corrected chi connectivity index (χ2v) is 7.88. The number of nitrogens with zero attached hydrogens (tertiary/aromatic N) is 2. The van der Waals surface area contributed by atoms with Gasteiger partial charge in [-0.3, -0.25) is 9.48 Å². The van der Waals surface area contributed by atoms with Crippen molar-refractivity contribution in [2.75, 3.05) is 30.0 Å². The number of hydrogen-bond acceptors (Lipinski definition) is 5. The van der Waals surface area contributed by atoms with Crippen molar-refractivity contribution >= 4 is 21.4 Å². The van der Waals surface area contributed by atoms with Crippen LogP contribution in [0.25, 0.3) is 0 Å². The largest absolute Gasteiger partial charge is 0.372 e. The monoisotopic (exact) mass is 329 g/mol. The van der Waals surface area contributed by atoms with Crippen LogP contribution in [0.3, 0.4) is 0 Å². The van der Waals surface area contributed by atoms with Gasteiger partial charge >= 0.3 is 0 Å². The van der Waals surface area contributed by atoms with Crippen LogP contribution in [0, 0.1) is 13.8 Å². The average Bonchev–Trinajstić information content (AvgIpc) is 2.93. The number of nitrogens with one attached hydrogen (secondary N) is 1. The molecule has 0 saturated carbocycles. The van der Waals surface area contributed by atoms with Crippen LogP contribution in [0.15, 0.2) is 0 Å². The number of sulfone groups is 1. The van der Waals surface area contributed by atoms with Gasteiger partial charge in [-0.15, -0.1) is 0 Å². The van der Waals surface area contributed by atoms with E-state index in [1.165, 1.54) is 0 Å². The zero-order valence-electron chi connectivity index (χ0n) is 13.3. The number of carbonyl (C=O) groups excluding carboxylic acids is 1. The predicted octanol–water partition coefficient (Wildman–Crippen LogP) is 1.22. The van der Waals surface area contributed by atoms with Crippen LogP contribution in [0.5, 0.6) is 0 Å². The molecule has 1 atom stereocenters. The fraction of sp³-hybridized carbons (Fsp3) is 0.714. The molecule has 1 aromatic rings. The quantitative estimate of drug-likeness (QED) is 0.793. The summed E-state index contributed by atoms with van der Waals surface area (Å²) in [5.41, 5.74) is 2.11. The van der Waals surface area contributed by atoms with Gasteiger partial charge in [-0.25, -0.2) is 8.42 Å². The molecule has 2 rings (SSSR count). The van der Waals surface area contributed by atoms with E-state index in [9.17, 15) is 13.2 Å². The Morgan fingerprint density at radius 3 is 2.77 bits per heavy atom. The number of ether oxygens (including phenoxy) is 1. The van der Waals surface area contributed by atoms with E-state index in [0.29, 0.717) is 24.4 Å². The number of aromatic nitrogens is 2. The molecule has 1 unspecified atom stereocenters. The van der Waals surface area contributed by atoms with Crippen molar-refractivity contribution in [3.05, 3.63) is 11.4 Å². The summed E-state index contributed by atoms with van der Waals surface area (Å²) in [6.45, 7) is 6.18. The maximum atomic E-state index is 11.9. The van der Waals surface area contributed by atoms with Crippen molar-refractivity contribution in [3.63, 3.8) is 0 Å². The highest BCUT2D eigenvalue weighted by Gasteiger charge is 2.31. The van der Waals surface area contributed by atoms with E-state index >= 15 is 0 Å². The molecule has 1 aliphatic rings. The minimum atomic E-state index is -2.97. The second-order valence-electron chi connectivity index (χ2n) is 5.65. The van der Waals surface area contributed by atoms with Crippen molar-refractivity contribution < 1.29 is 17.9 Å². The summed E-state index contributed by atoms with van der Waals surface area (Å²) in [5.74, 6) is 0.0862. The van der Waals surface area contributed by atoms with Crippen LogP contribution in [0.4, 0.5) is 5.69 Å². The van der Waals surface area contributed by atoms with Crippen LogP contribution < -0.4 is 5.32 Å². The summed E-state index contributed by atoms with van der Waals surface area (Å²) in [5, 5.41) is 7.21. The Hall–Kier alpha value is -1.41. The van der Waals surface area contributed by atoms with Gasteiger partial charge in [0.2, 0.25) is 5.91 Å². The molecular formula is C14H23N3O4S. The summed E-state index contributed by atoms with van der Waals surface area (Å²) in [6.07, 6.45) is 1.43. The first-order chi connectivity index (χ1) is 10.3. The lowest BCUT2D eigenvalue weighted by molar-refractivity contribution is -0.120. The van der Waals surface area contributed by atoms with Crippen LogP contribution >= 0.6 is 0 Å². The Kier molecular flexibility index (Phi) is 5.23. The van der Waals surface area contributed by atoms with E-state index in [1.54, 1.807) is 11.6 Å². The SMILES string of the molecule is CCCOCC(=O)Nc1c(C)nn(C2CCS(=O)(=O)C2)c1C. The van der Waals surface area contributed by atoms with E-state index < -0.39 is 9.84 Å². The van der Waals surface area contributed by atoms with Crippen molar-refractivity contribution in [1.29, 1.82) is 0 Å².